The smallest absolute Gasteiger partial charge is 0.0548 e. The van der Waals surface area contributed by atoms with Crippen molar-refractivity contribution in [3.05, 3.63) is 236 Å². The lowest BCUT2D eigenvalue weighted by atomic mass is 9.82. The van der Waals surface area contributed by atoms with Crippen molar-refractivity contribution in [2.75, 3.05) is 4.90 Å². The molecule has 0 atom stereocenters. The van der Waals surface area contributed by atoms with Crippen LogP contribution >= 0.6 is 0 Å². The monoisotopic (exact) mass is 793 g/mol. The quantitative estimate of drug-likeness (QED) is 0.157. The zero-order valence-corrected chi connectivity index (χ0v) is 34.7. The molecule has 12 rings (SSSR count). The second kappa shape index (κ2) is 14.1. The van der Waals surface area contributed by atoms with Gasteiger partial charge in [-0.1, -0.05) is 141 Å². The highest BCUT2D eigenvalue weighted by Crippen LogP contribution is 2.51. The Hall–Kier alpha value is -7.88. The molecule has 2 aromatic heterocycles. The summed E-state index contributed by atoms with van der Waals surface area (Å²) in [7, 11) is 0. The van der Waals surface area contributed by atoms with Crippen LogP contribution in [0.15, 0.2) is 225 Å². The minimum Gasteiger partial charge on any atom is -0.317 e. The second-order valence-corrected chi connectivity index (χ2v) is 17.0. The van der Waals surface area contributed by atoms with Crippen LogP contribution in [0.1, 0.15) is 25.0 Å². The van der Waals surface area contributed by atoms with Crippen LogP contribution in [-0.2, 0) is 5.41 Å². The van der Waals surface area contributed by atoms with E-state index in [4.69, 9.17) is 0 Å². The fourth-order valence-corrected chi connectivity index (χ4v) is 10.1. The first-order valence-electron chi connectivity index (χ1n) is 21.5. The number of rotatable bonds is 7. The van der Waals surface area contributed by atoms with E-state index in [2.05, 4.69) is 252 Å². The number of anilines is 3. The van der Waals surface area contributed by atoms with Gasteiger partial charge in [0, 0.05) is 56.2 Å². The maximum Gasteiger partial charge on any atom is 0.0548 e. The molecule has 11 aromatic rings. The third-order valence-electron chi connectivity index (χ3n) is 13.2. The third kappa shape index (κ3) is 5.66. The minimum absolute atomic E-state index is 0.105. The van der Waals surface area contributed by atoms with E-state index in [9.17, 15) is 0 Å². The van der Waals surface area contributed by atoms with Crippen molar-refractivity contribution in [1.29, 1.82) is 0 Å². The van der Waals surface area contributed by atoms with Gasteiger partial charge in [-0.25, -0.2) is 0 Å². The highest BCUT2D eigenvalue weighted by atomic mass is 15.1. The van der Waals surface area contributed by atoms with Crippen LogP contribution in [0.3, 0.4) is 0 Å². The second-order valence-electron chi connectivity index (χ2n) is 17.0. The van der Waals surface area contributed by atoms with Gasteiger partial charge < -0.3 is 14.0 Å². The molecular formula is C59H43N3. The van der Waals surface area contributed by atoms with E-state index in [-0.39, 0.29) is 5.41 Å². The molecule has 0 spiro atoms. The third-order valence-corrected chi connectivity index (χ3v) is 13.2. The summed E-state index contributed by atoms with van der Waals surface area (Å²) >= 11 is 0. The number of fused-ring (bicyclic) bond motifs is 8. The Morgan fingerprint density at radius 1 is 0.371 bits per heavy atom. The van der Waals surface area contributed by atoms with Crippen molar-refractivity contribution in [2.24, 2.45) is 0 Å². The molecule has 1 aliphatic carbocycles. The Bertz CT molecular complexity index is 3450. The van der Waals surface area contributed by atoms with E-state index in [1.165, 1.54) is 77.2 Å². The molecule has 0 saturated carbocycles. The van der Waals surface area contributed by atoms with Crippen LogP contribution in [0.25, 0.3) is 77.5 Å². The van der Waals surface area contributed by atoms with Crippen LogP contribution in [0, 0.1) is 0 Å². The molecule has 0 fully saturated rings. The predicted molar refractivity (Wildman–Crippen MR) is 261 cm³/mol. The first kappa shape index (κ1) is 36.0. The van der Waals surface area contributed by atoms with E-state index in [1.54, 1.807) is 0 Å². The van der Waals surface area contributed by atoms with E-state index in [0.29, 0.717) is 0 Å². The maximum atomic E-state index is 2.41. The molecule has 3 nitrogen and oxygen atoms in total. The predicted octanol–water partition coefficient (Wildman–Crippen LogP) is 15.8. The summed E-state index contributed by atoms with van der Waals surface area (Å²) < 4.78 is 4.71. The zero-order valence-electron chi connectivity index (χ0n) is 34.7. The summed E-state index contributed by atoms with van der Waals surface area (Å²) in [4.78, 5) is 2.41. The van der Waals surface area contributed by atoms with Crippen LogP contribution in [-0.4, -0.2) is 9.13 Å². The summed E-state index contributed by atoms with van der Waals surface area (Å²) in [5, 5.41) is 3.75. The number of para-hydroxylation sites is 2. The minimum atomic E-state index is -0.105. The molecule has 0 amide bonds. The van der Waals surface area contributed by atoms with Crippen LogP contribution < -0.4 is 4.90 Å². The Labute approximate surface area is 362 Å². The fraction of sp³-hybridized carbons (Fsp3) is 0.0508. The first-order valence-corrected chi connectivity index (χ1v) is 21.5. The van der Waals surface area contributed by atoms with Gasteiger partial charge in [0.05, 0.1) is 16.6 Å². The molecule has 0 saturated heterocycles. The summed E-state index contributed by atoms with van der Waals surface area (Å²) in [6, 6.07) is 79.8. The summed E-state index contributed by atoms with van der Waals surface area (Å²) in [6.45, 7) is 4.71. The van der Waals surface area contributed by atoms with Gasteiger partial charge in [-0.05, 0) is 136 Å². The van der Waals surface area contributed by atoms with Crippen molar-refractivity contribution >= 4 is 49.8 Å². The molecule has 9 aromatic carbocycles. The maximum absolute atomic E-state index is 2.41. The van der Waals surface area contributed by atoms with Gasteiger partial charge >= 0.3 is 0 Å². The highest BCUT2D eigenvalue weighted by molar-refractivity contribution is 6.21. The molecule has 294 valence electrons. The largest absolute Gasteiger partial charge is 0.317 e. The summed E-state index contributed by atoms with van der Waals surface area (Å²) in [6.07, 6.45) is 2.20. The molecule has 2 heterocycles. The molecule has 0 unspecified atom stereocenters. The number of benzene rings is 9. The first-order chi connectivity index (χ1) is 30.5. The molecule has 3 heteroatoms. The molecule has 0 radical (unpaired) electrons. The zero-order chi connectivity index (χ0) is 41.4. The van der Waals surface area contributed by atoms with Crippen molar-refractivity contribution < 1.29 is 0 Å². The van der Waals surface area contributed by atoms with Gasteiger partial charge in [0.2, 0.25) is 0 Å². The fourth-order valence-electron chi connectivity index (χ4n) is 10.1. The topological polar surface area (TPSA) is 13.1 Å². The Morgan fingerprint density at radius 3 is 1.61 bits per heavy atom. The van der Waals surface area contributed by atoms with E-state index < -0.39 is 0 Å². The van der Waals surface area contributed by atoms with Gasteiger partial charge in [0.25, 0.3) is 0 Å². The van der Waals surface area contributed by atoms with Crippen molar-refractivity contribution in [3.63, 3.8) is 0 Å². The molecule has 62 heavy (non-hydrogen) atoms. The lowest BCUT2D eigenvalue weighted by molar-refractivity contribution is 0.660. The Kier molecular flexibility index (Phi) is 8.20. The molecule has 0 N–H and O–H groups in total. The van der Waals surface area contributed by atoms with Gasteiger partial charge in [-0.2, -0.15) is 0 Å². The van der Waals surface area contributed by atoms with Crippen molar-refractivity contribution in [1.82, 2.24) is 9.13 Å². The lowest BCUT2D eigenvalue weighted by Crippen LogP contribution is -2.16. The highest BCUT2D eigenvalue weighted by Gasteiger charge is 2.35. The lowest BCUT2D eigenvalue weighted by Gasteiger charge is -2.28. The molecular weight excluding hydrogens is 751 g/mol. The molecule has 0 bridgehead atoms. The van der Waals surface area contributed by atoms with Gasteiger partial charge in [-0.3, -0.25) is 0 Å². The van der Waals surface area contributed by atoms with Crippen molar-refractivity contribution in [2.45, 2.75) is 19.3 Å². The Balaban J connectivity index is 0.985. The summed E-state index contributed by atoms with van der Waals surface area (Å²) in [5.41, 5.74) is 19.3. The van der Waals surface area contributed by atoms with E-state index in [0.717, 1.165) is 28.4 Å². The van der Waals surface area contributed by atoms with Gasteiger partial charge in [-0.15, -0.1) is 0 Å². The van der Waals surface area contributed by atoms with Crippen molar-refractivity contribution in [3.8, 4) is 44.8 Å². The van der Waals surface area contributed by atoms with E-state index >= 15 is 0 Å². The van der Waals surface area contributed by atoms with Crippen LogP contribution in [0.5, 0.6) is 0 Å². The molecule has 1 aliphatic rings. The average molecular weight is 794 g/mol. The van der Waals surface area contributed by atoms with E-state index in [1.807, 2.05) is 0 Å². The van der Waals surface area contributed by atoms with Crippen LogP contribution in [0.4, 0.5) is 17.1 Å². The number of hydrogen-bond donors (Lipinski definition) is 0. The standard InChI is InChI=1S/C59H43N3/c1-59(2)53-21-13-12-20-49(53)50-32-31-48(39-54(50)59)61(46-27-22-41(23-28-46)40-14-6-3-7-15-40)47-29-24-42(25-30-47)43-26-33-56-52(38-43)58-51-36-37-60(44-16-8-4-9-17-44)55(51)34-35-57(58)62(56)45-18-10-5-11-19-45/h3-39H,1-2H3. The van der Waals surface area contributed by atoms with Crippen LogP contribution in [0.2, 0.25) is 0 Å². The number of hydrogen-bond acceptors (Lipinski definition) is 1. The average Bonchev–Trinajstić information content (AvgIpc) is 3.98. The Morgan fingerprint density at radius 2 is 0.903 bits per heavy atom. The number of aromatic nitrogens is 2. The SMILES string of the molecule is CC1(C)c2ccccc2-c2ccc(N(c3ccc(-c4ccccc4)cc3)c3ccc(-c4ccc5c(c4)c4c6ccn(-c7ccccc7)c6ccc4n5-c4ccccc4)cc3)cc21. The van der Waals surface area contributed by atoms with Gasteiger partial charge in [0.15, 0.2) is 0 Å². The molecule has 0 aliphatic heterocycles. The normalized spacial score (nSPS) is 12.8. The summed E-state index contributed by atoms with van der Waals surface area (Å²) in [5.74, 6) is 0. The van der Waals surface area contributed by atoms with Gasteiger partial charge in [0.1, 0.15) is 0 Å². The number of nitrogens with zero attached hydrogens (tertiary/aromatic N) is 3.